The van der Waals surface area contributed by atoms with Crippen LogP contribution in [0.5, 0.6) is 0 Å². The summed E-state index contributed by atoms with van der Waals surface area (Å²) < 4.78 is 0. The van der Waals surface area contributed by atoms with Crippen molar-refractivity contribution in [3.8, 4) is 0 Å². The second-order valence-corrected chi connectivity index (χ2v) is 5.02. The third kappa shape index (κ3) is 4.22. The number of hydrogen-bond donors (Lipinski definition) is 2. The monoisotopic (exact) mass is 315 g/mol. The molecule has 8 heteroatoms. The maximum absolute atomic E-state index is 11.8. The van der Waals surface area contributed by atoms with E-state index < -0.39 is 4.92 Å². The summed E-state index contributed by atoms with van der Waals surface area (Å²) >= 11 is 0. The van der Waals surface area contributed by atoms with Crippen LogP contribution in [0.4, 0.5) is 5.69 Å². The number of para-hydroxylation sites is 1. The van der Waals surface area contributed by atoms with Gasteiger partial charge in [-0.3, -0.25) is 20.0 Å². The molecule has 0 saturated carbocycles. The molecule has 0 aliphatic carbocycles. The smallest absolute Gasteiger partial charge is 0.278 e. The highest BCUT2D eigenvalue weighted by Crippen LogP contribution is 2.15. The molecule has 2 aromatic rings. The first-order chi connectivity index (χ1) is 11.0. The number of H-pyrrole nitrogens is 1. The van der Waals surface area contributed by atoms with Crippen molar-refractivity contribution in [1.29, 1.82) is 0 Å². The van der Waals surface area contributed by atoms with Gasteiger partial charge in [-0.2, -0.15) is 10.2 Å². The quantitative estimate of drug-likeness (QED) is 0.482. The Labute approximate surface area is 132 Å². The van der Waals surface area contributed by atoms with E-state index in [0.29, 0.717) is 12.0 Å². The van der Waals surface area contributed by atoms with Crippen LogP contribution >= 0.6 is 0 Å². The highest BCUT2D eigenvalue weighted by molar-refractivity contribution is 5.86. The standard InChI is InChI=1S/C15H17N5O3/c1-10-13(11(2)18-17-10)7-8-15(21)19-16-9-12-5-3-4-6-14(12)20(22)23/h3-6,9H,7-8H2,1-2H3,(H,17,18)(H,19,21)/b16-9-. The zero-order chi connectivity index (χ0) is 16.8. The maximum Gasteiger partial charge on any atom is 0.278 e. The molecule has 8 nitrogen and oxygen atoms in total. The van der Waals surface area contributed by atoms with Crippen LogP contribution in [0.2, 0.25) is 0 Å². The molecule has 1 aromatic heterocycles. The lowest BCUT2D eigenvalue weighted by Gasteiger charge is -2.01. The fourth-order valence-corrected chi connectivity index (χ4v) is 2.17. The number of hydrazone groups is 1. The number of amides is 1. The van der Waals surface area contributed by atoms with Crippen LogP contribution in [0.3, 0.4) is 0 Å². The molecule has 2 N–H and O–H groups in total. The molecule has 1 heterocycles. The Balaban J connectivity index is 1.91. The first kappa shape index (κ1) is 16.3. The number of nitro groups is 1. The summed E-state index contributed by atoms with van der Waals surface area (Å²) in [6, 6.07) is 6.18. The molecule has 0 aliphatic rings. The zero-order valence-corrected chi connectivity index (χ0v) is 12.9. The highest BCUT2D eigenvalue weighted by Gasteiger charge is 2.11. The van der Waals surface area contributed by atoms with Crippen LogP contribution in [0, 0.1) is 24.0 Å². The lowest BCUT2D eigenvalue weighted by Crippen LogP contribution is -2.18. The van der Waals surface area contributed by atoms with Gasteiger partial charge in [0, 0.05) is 18.2 Å². The number of benzene rings is 1. The molecule has 0 saturated heterocycles. The van der Waals surface area contributed by atoms with E-state index in [1.165, 1.54) is 12.3 Å². The normalized spacial score (nSPS) is 10.9. The number of carbonyl (C=O) groups excluding carboxylic acids is 1. The van der Waals surface area contributed by atoms with Crippen LogP contribution in [0.1, 0.15) is 28.9 Å². The van der Waals surface area contributed by atoms with E-state index in [0.717, 1.165) is 17.0 Å². The van der Waals surface area contributed by atoms with Gasteiger partial charge in [0.1, 0.15) is 0 Å². The van der Waals surface area contributed by atoms with Crippen molar-refractivity contribution in [3.05, 3.63) is 56.9 Å². The summed E-state index contributed by atoms with van der Waals surface area (Å²) in [5, 5.41) is 21.6. The molecule has 23 heavy (non-hydrogen) atoms. The van der Waals surface area contributed by atoms with Crippen LogP contribution in [-0.4, -0.2) is 27.2 Å². The van der Waals surface area contributed by atoms with Gasteiger partial charge in [-0.1, -0.05) is 12.1 Å². The molecule has 0 bridgehead atoms. The van der Waals surface area contributed by atoms with Gasteiger partial charge in [0.25, 0.3) is 5.69 Å². The predicted octanol–water partition coefficient (Wildman–Crippen LogP) is 2.02. The minimum absolute atomic E-state index is 0.0601. The molecule has 120 valence electrons. The van der Waals surface area contributed by atoms with Crippen LogP contribution in [0.15, 0.2) is 29.4 Å². The highest BCUT2D eigenvalue weighted by atomic mass is 16.6. The average Bonchev–Trinajstić information content (AvgIpc) is 2.84. The Morgan fingerprint density at radius 3 is 2.83 bits per heavy atom. The van der Waals surface area contributed by atoms with E-state index >= 15 is 0 Å². The van der Waals surface area contributed by atoms with Gasteiger partial charge in [0.2, 0.25) is 5.91 Å². The second-order valence-electron chi connectivity index (χ2n) is 5.02. The van der Waals surface area contributed by atoms with Gasteiger partial charge in [-0.15, -0.1) is 0 Å². The number of aromatic nitrogens is 2. The lowest BCUT2D eigenvalue weighted by atomic mass is 10.1. The first-order valence-electron chi connectivity index (χ1n) is 7.05. The van der Waals surface area contributed by atoms with Crippen molar-refractivity contribution >= 4 is 17.8 Å². The van der Waals surface area contributed by atoms with Crippen LogP contribution < -0.4 is 5.43 Å². The van der Waals surface area contributed by atoms with Crippen molar-refractivity contribution in [2.45, 2.75) is 26.7 Å². The SMILES string of the molecule is Cc1n[nH]c(C)c1CCC(=O)N/N=C\c1ccccc1[N+](=O)[O-]. The maximum atomic E-state index is 11.8. The van der Waals surface area contributed by atoms with E-state index in [1.807, 2.05) is 13.8 Å². The summed E-state index contributed by atoms with van der Waals surface area (Å²) in [4.78, 5) is 22.2. The summed E-state index contributed by atoms with van der Waals surface area (Å²) in [7, 11) is 0. The van der Waals surface area contributed by atoms with E-state index in [-0.39, 0.29) is 18.0 Å². The van der Waals surface area contributed by atoms with Gasteiger partial charge in [0.05, 0.1) is 22.4 Å². The summed E-state index contributed by atoms with van der Waals surface area (Å²) in [5.74, 6) is -0.264. The third-order valence-corrected chi connectivity index (χ3v) is 3.41. The molecule has 0 radical (unpaired) electrons. The number of hydrogen-bond acceptors (Lipinski definition) is 5. The minimum atomic E-state index is -0.492. The summed E-state index contributed by atoms with van der Waals surface area (Å²) in [5.41, 5.74) is 5.48. The van der Waals surface area contributed by atoms with Gasteiger partial charge >= 0.3 is 0 Å². The number of aromatic amines is 1. The molecule has 2 rings (SSSR count). The molecular formula is C15H17N5O3. The average molecular weight is 315 g/mol. The van der Waals surface area contributed by atoms with Crippen molar-refractivity contribution in [1.82, 2.24) is 15.6 Å². The topological polar surface area (TPSA) is 113 Å². The molecule has 0 spiro atoms. The number of aryl methyl sites for hydroxylation is 2. The van der Waals surface area contributed by atoms with Gasteiger partial charge < -0.3 is 0 Å². The number of rotatable bonds is 6. The predicted molar refractivity (Wildman–Crippen MR) is 85.2 cm³/mol. The van der Waals surface area contributed by atoms with E-state index in [1.54, 1.807) is 18.2 Å². The van der Waals surface area contributed by atoms with E-state index in [4.69, 9.17) is 0 Å². The van der Waals surface area contributed by atoms with E-state index in [2.05, 4.69) is 20.7 Å². The summed E-state index contributed by atoms with van der Waals surface area (Å²) in [6.45, 7) is 3.78. The van der Waals surface area contributed by atoms with Crippen molar-refractivity contribution in [2.24, 2.45) is 5.10 Å². The Bertz CT molecular complexity index is 732. The molecule has 1 aromatic carbocycles. The van der Waals surface area contributed by atoms with Crippen LogP contribution in [-0.2, 0) is 11.2 Å². The van der Waals surface area contributed by atoms with Crippen LogP contribution in [0.25, 0.3) is 0 Å². The summed E-state index contributed by atoms with van der Waals surface area (Å²) in [6.07, 6.45) is 2.08. The Kier molecular flexibility index (Phi) is 5.19. The third-order valence-electron chi connectivity index (χ3n) is 3.41. The molecule has 0 unspecified atom stereocenters. The first-order valence-corrected chi connectivity index (χ1v) is 7.05. The largest absolute Gasteiger partial charge is 0.282 e. The minimum Gasteiger partial charge on any atom is -0.282 e. The van der Waals surface area contributed by atoms with Gasteiger partial charge in [-0.05, 0) is 31.9 Å². The van der Waals surface area contributed by atoms with Gasteiger partial charge in [0.15, 0.2) is 0 Å². The second kappa shape index (κ2) is 7.30. The van der Waals surface area contributed by atoms with Crippen molar-refractivity contribution in [2.75, 3.05) is 0 Å². The molecule has 0 atom stereocenters. The lowest BCUT2D eigenvalue weighted by molar-refractivity contribution is -0.385. The fourth-order valence-electron chi connectivity index (χ4n) is 2.17. The van der Waals surface area contributed by atoms with Crippen molar-refractivity contribution in [3.63, 3.8) is 0 Å². The Hall–Kier alpha value is -3.03. The molecule has 0 fully saturated rings. The number of carbonyl (C=O) groups is 1. The molecular weight excluding hydrogens is 298 g/mol. The molecule has 1 amide bonds. The van der Waals surface area contributed by atoms with Gasteiger partial charge in [-0.25, -0.2) is 5.43 Å². The zero-order valence-electron chi connectivity index (χ0n) is 12.9. The number of nitro benzene ring substituents is 1. The number of nitrogens with zero attached hydrogens (tertiary/aromatic N) is 3. The van der Waals surface area contributed by atoms with Crippen molar-refractivity contribution < 1.29 is 9.72 Å². The Morgan fingerprint density at radius 2 is 2.17 bits per heavy atom. The Morgan fingerprint density at radius 1 is 1.43 bits per heavy atom. The molecule has 0 aliphatic heterocycles. The van der Waals surface area contributed by atoms with E-state index in [9.17, 15) is 14.9 Å². The fraction of sp³-hybridized carbons (Fsp3) is 0.267. The number of nitrogens with one attached hydrogen (secondary N) is 2.